The molecule has 23 heavy (non-hydrogen) atoms. The number of aromatic amines is 1. The molecule has 1 amide bonds. The van der Waals surface area contributed by atoms with Crippen LogP contribution in [0.15, 0.2) is 16.9 Å². The lowest BCUT2D eigenvalue weighted by Crippen LogP contribution is -2.20. The van der Waals surface area contributed by atoms with Crippen molar-refractivity contribution in [3.63, 3.8) is 0 Å². The molecule has 0 unspecified atom stereocenters. The van der Waals surface area contributed by atoms with Gasteiger partial charge < -0.3 is 10.3 Å². The second-order valence-corrected chi connectivity index (χ2v) is 5.41. The number of carbonyl (C=O) groups is 1. The highest BCUT2D eigenvalue weighted by atomic mass is 32.1. The largest absolute Gasteiger partial charge is 0.435 e. The summed E-state index contributed by atoms with van der Waals surface area (Å²) in [5, 5.41) is 12.7. The third-order valence-corrected chi connectivity index (χ3v) is 3.51. The first-order chi connectivity index (χ1) is 10.6. The molecule has 2 N–H and O–H groups in total. The fourth-order valence-electron chi connectivity index (χ4n) is 1.66. The second kappa shape index (κ2) is 5.79. The lowest BCUT2D eigenvalue weighted by atomic mass is 10.3. The molecule has 2 aromatic heterocycles. The van der Waals surface area contributed by atoms with Gasteiger partial charge in [0.2, 0.25) is 5.56 Å². The van der Waals surface area contributed by atoms with Crippen LogP contribution in [0.5, 0.6) is 0 Å². The Morgan fingerprint density at radius 1 is 1.43 bits per heavy atom. The molecule has 0 aliphatic carbocycles. The molecule has 0 atom stereocenters. The lowest BCUT2D eigenvalue weighted by molar-refractivity contribution is -0.384. The number of thiazole rings is 1. The third-order valence-electron chi connectivity index (χ3n) is 2.54. The van der Waals surface area contributed by atoms with E-state index in [4.69, 9.17) is 0 Å². The van der Waals surface area contributed by atoms with Crippen molar-refractivity contribution in [2.24, 2.45) is 0 Å². The van der Waals surface area contributed by atoms with Crippen molar-refractivity contribution in [1.82, 2.24) is 9.97 Å². The maximum absolute atomic E-state index is 12.8. The van der Waals surface area contributed by atoms with Gasteiger partial charge in [-0.25, -0.2) is 4.98 Å². The zero-order valence-corrected chi connectivity index (χ0v) is 12.0. The van der Waals surface area contributed by atoms with Crippen LogP contribution in [0, 0.1) is 17.0 Å². The van der Waals surface area contributed by atoms with Crippen LogP contribution in [0.1, 0.15) is 20.4 Å². The van der Waals surface area contributed by atoms with E-state index >= 15 is 0 Å². The molecule has 122 valence electrons. The van der Waals surface area contributed by atoms with Gasteiger partial charge in [-0.05, 0) is 6.92 Å². The number of nitrogens with zero attached hydrogens (tertiary/aromatic N) is 2. The Kier molecular flexibility index (Phi) is 4.18. The number of carbonyl (C=O) groups excluding carboxylic acids is 1. The molecule has 0 aliphatic rings. The quantitative estimate of drug-likeness (QED) is 0.652. The number of alkyl halides is 3. The number of amides is 1. The minimum atomic E-state index is -4.85. The van der Waals surface area contributed by atoms with Crippen molar-refractivity contribution in [3.8, 4) is 0 Å². The lowest BCUT2D eigenvalue weighted by Gasteiger charge is -2.07. The van der Waals surface area contributed by atoms with E-state index in [0.29, 0.717) is 11.3 Å². The Hall–Kier alpha value is -2.76. The van der Waals surface area contributed by atoms with E-state index in [9.17, 15) is 32.9 Å². The predicted molar refractivity (Wildman–Crippen MR) is 73.5 cm³/mol. The summed E-state index contributed by atoms with van der Waals surface area (Å²) >= 11 is 0.482. The maximum atomic E-state index is 12.8. The molecule has 0 aliphatic heterocycles. The van der Waals surface area contributed by atoms with Crippen molar-refractivity contribution >= 4 is 28.7 Å². The zero-order chi connectivity index (χ0) is 17.4. The highest BCUT2D eigenvalue weighted by molar-refractivity contribution is 7.13. The summed E-state index contributed by atoms with van der Waals surface area (Å²) in [6.07, 6.45) is -4.85. The van der Waals surface area contributed by atoms with E-state index in [0.717, 1.165) is 12.1 Å². The number of halogens is 3. The van der Waals surface area contributed by atoms with Crippen LogP contribution in [0.2, 0.25) is 0 Å². The Bertz CT molecular complexity index is 843. The van der Waals surface area contributed by atoms with Gasteiger partial charge in [-0.1, -0.05) is 0 Å². The third kappa shape index (κ3) is 3.53. The first-order valence-corrected chi connectivity index (χ1v) is 6.65. The van der Waals surface area contributed by atoms with Gasteiger partial charge in [0.1, 0.15) is 4.88 Å². The number of rotatable bonds is 3. The molecule has 0 radical (unpaired) electrons. The summed E-state index contributed by atoms with van der Waals surface area (Å²) in [5.74, 6) is -1.86. The number of hydrogen-bond donors (Lipinski definition) is 2. The van der Waals surface area contributed by atoms with Crippen molar-refractivity contribution in [3.05, 3.63) is 48.2 Å². The van der Waals surface area contributed by atoms with Gasteiger partial charge in [-0.15, -0.1) is 11.3 Å². The molecular formula is C11H7F3N4O4S. The monoisotopic (exact) mass is 348 g/mol. The number of H-pyrrole nitrogens is 1. The van der Waals surface area contributed by atoms with E-state index < -0.39 is 44.6 Å². The van der Waals surface area contributed by atoms with Gasteiger partial charge in [0.05, 0.1) is 9.93 Å². The van der Waals surface area contributed by atoms with Gasteiger partial charge in [-0.3, -0.25) is 19.7 Å². The Labute approximate surface area is 129 Å². The van der Waals surface area contributed by atoms with Gasteiger partial charge in [0, 0.05) is 12.1 Å². The number of aryl methyl sites for hydroxylation is 1. The number of hydrogen-bond acceptors (Lipinski definition) is 6. The van der Waals surface area contributed by atoms with Crippen LogP contribution in [0.3, 0.4) is 0 Å². The van der Waals surface area contributed by atoms with Crippen molar-refractivity contribution in [1.29, 1.82) is 0 Å². The standard InChI is InChI=1S/C11H7F3N4O4S/c1-4-15-8(11(12,13)14)7(23-4)10(20)17-9-5(18(21)22)2-3-6(19)16-9/h2-3H,1H3,(H2,16,17,19,20). The van der Waals surface area contributed by atoms with Crippen LogP contribution in [-0.2, 0) is 6.18 Å². The molecule has 0 aromatic carbocycles. The fourth-order valence-corrected chi connectivity index (χ4v) is 2.49. The van der Waals surface area contributed by atoms with Gasteiger partial charge in [0.25, 0.3) is 5.91 Å². The zero-order valence-electron chi connectivity index (χ0n) is 11.2. The number of pyridine rings is 1. The van der Waals surface area contributed by atoms with Crippen molar-refractivity contribution < 1.29 is 22.9 Å². The molecule has 2 heterocycles. The predicted octanol–water partition coefficient (Wildman–Crippen LogP) is 2.32. The molecule has 0 saturated heterocycles. The van der Waals surface area contributed by atoms with E-state index in [1.807, 2.05) is 10.3 Å². The van der Waals surface area contributed by atoms with E-state index in [-0.39, 0.29) is 5.01 Å². The average molecular weight is 348 g/mol. The molecule has 0 bridgehead atoms. The second-order valence-electron chi connectivity index (χ2n) is 4.20. The van der Waals surface area contributed by atoms with Crippen LogP contribution in [-0.4, -0.2) is 20.8 Å². The molecule has 8 nitrogen and oxygen atoms in total. The SMILES string of the molecule is Cc1nc(C(F)(F)F)c(C(=O)Nc2[nH]c(=O)ccc2[N+](=O)[O-])s1. The van der Waals surface area contributed by atoms with E-state index in [2.05, 4.69) is 4.98 Å². The fraction of sp³-hybridized carbons (Fsp3) is 0.182. The number of aromatic nitrogens is 2. The van der Waals surface area contributed by atoms with E-state index in [1.165, 1.54) is 6.92 Å². The molecule has 12 heteroatoms. The topological polar surface area (TPSA) is 118 Å². The highest BCUT2D eigenvalue weighted by Gasteiger charge is 2.39. The van der Waals surface area contributed by atoms with Crippen LogP contribution < -0.4 is 10.9 Å². The summed E-state index contributed by atoms with van der Waals surface area (Å²) in [6.45, 7) is 1.28. The summed E-state index contributed by atoms with van der Waals surface area (Å²) < 4.78 is 38.5. The van der Waals surface area contributed by atoms with Gasteiger partial charge in [-0.2, -0.15) is 13.2 Å². The number of nitro groups is 1. The molecule has 0 fully saturated rings. The summed E-state index contributed by atoms with van der Waals surface area (Å²) in [4.78, 5) is 37.6. The highest BCUT2D eigenvalue weighted by Crippen LogP contribution is 2.34. The molecule has 2 aromatic rings. The van der Waals surface area contributed by atoms with Gasteiger partial charge in [0.15, 0.2) is 11.5 Å². The normalized spacial score (nSPS) is 11.3. The Morgan fingerprint density at radius 2 is 2.09 bits per heavy atom. The Balaban J connectivity index is 2.43. The van der Waals surface area contributed by atoms with Crippen LogP contribution in [0.4, 0.5) is 24.7 Å². The molecule has 0 spiro atoms. The van der Waals surface area contributed by atoms with Crippen molar-refractivity contribution in [2.45, 2.75) is 13.1 Å². The number of nitrogens with one attached hydrogen (secondary N) is 2. The number of anilines is 1. The van der Waals surface area contributed by atoms with Gasteiger partial charge >= 0.3 is 11.9 Å². The maximum Gasteiger partial charge on any atom is 0.435 e. The Morgan fingerprint density at radius 3 is 2.65 bits per heavy atom. The molecule has 0 saturated carbocycles. The summed E-state index contributed by atoms with van der Waals surface area (Å²) in [5.41, 5.74) is -2.81. The summed E-state index contributed by atoms with van der Waals surface area (Å²) in [6, 6.07) is 1.68. The van der Waals surface area contributed by atoms with Crippen LogP contribution in [0.25, 0.3) is 0 Å². The molecule has 2 rings (SSSR count). The first kappa shape index (κ1) is 16.6. The smallest absolute Gasteiger partial charge is 0.303 e. The minimum absolute atomic E-state index is 0.00136. The van der Waals surface area contributed by atoms with E-state index in [1.54, 1.807) is 0 Å². The average Bonchev–Trinajstić information content (AvgIpc) is 2.80. The van der Waals surface area contributed by atoms with Crippen molar-refractivity contribution in [2.75, 3.05) is 5.32 Å². The summed E-state index contributed by atoms with van der Waals surface area (Å²) in [7, 11) is 0. The minimum Gasteiger partial charge on any atom is -0.303 e. The molecular weight excluding hydrogens is 341 g/mol. The first-order valence-electron chi connectivity index (χ1n) is 5.83. The van der Waals surface area contributed by atoms with Crippen LogP contribution >= 0.6 is 11.3 Å².